The van der Waals surface area contributed by atoms with Crippen molar-refractivity contribution in [1.82, 2.24) is 4.98 Å². The van der Waals surface area contributed by atoms with Crippen LogP contribution >= 0.6 is 34.8 Å². The molecule has 104 valence electrons. The average Bonchev–Trinajstić information content (AvgIpc) is 2.43. The van der Waals surface area contributed by atoms with Gasteiger partial charge in [0.25, 0.3) is 0 Å². The number of ether oxygens (including phenoxy) is 1. The number of esters is 1. The van der Waals surface area contributed by atoms with Crippen molar-refractivity contribution in [2.75, 3.05) is 7.11 Å². The summed E-state index contributed by atoms with van der Waals surface area (Å²) in [6, 6.07) is 5.38. The summed E-state index contributed by atoms with van der Waals surface area (Å²) in [6.45, 7) is 0. The lowest BCUT2D eigenvalue weighted by molar-refractivity contribution is 0.0594. The molecule has 0 bridgehead atoms. The molecule has 0 radical (unpaired) electrons. The first-order valence-corrected chi connectivity index (χ1v) is 6.47. The molecule has 0 saturated heterocycles. The molecule has 0 spiro atoms. The maximum absolute atomic E-state index is 13.5. The molecule has 0 aliphatic rings. The van der Waals surface area contributed by atoms with E-state index in [2.05, 4.69) is 9.72 Å². The molecule has 1 heterocycles. The van der Waals surface area contributed by atoms with Gasteiger partial charge in [0.2, 0.25) is 0 Å². The molecule has 0 amide bonds. The molecular formula is C13H7Cl3FNO2. The summed E-state index contributed by atoms with van der Waals surface area (Å²) in [5.41, 5.74) is 0.517. The highest BCUT2D eigenvalue weighted by Crippen LogP contribution is 2.32. The quantitative estimate of drug-likeness (QED) is 0.593. The van der Waals surface area contributed by atoms with Crippen LogP contribution < -0.4 is 0 Å². The average molecular weight is 335 g/mol. The van der Waals surface area contributed by atoms with Gasteiger partial charge in [-0.3, -0.25) is 0 Å². The standard InChI is InChI=1S/C13H7Cl3FNO2/c1-20-13(19)12-7(14)2-3-11(18-12)6-4-10(17)9(16)5-8(6)15/h2-5H,1H3. The van der Waals surface area contributed by atoms with E-state index in [-0.39, 0.29) is 26.5 Å². The smallest absolute Gasteiger partial charge is 0.358 e. The molecule has 1 aromatic heterocycles. The zero-order valence-corrected chi connectivity index (χ0v) is 12.4. The maximum atomic E-state index is 13.5. The number of hydrogen-bond donors (Lipinski definition) is 0. The molecule has 2 aromatic rings. The molecule has 0 fully saturated rings. The molecule has 1 aromatic carbocycles. The third-order valence-corrected chi connectivity index (χ3v) is 3.42. The number of pyridine rings is 1. The van der Waals surface area contributed by atoms with Gasteiger partial charge in [-0.15, -0.1) is 0 Å². The lowest BCUT2D eigenvalue weighted by atomic mass is 10.1. The van der Waals surface area contributed by atoms with Crippen molar-refractivity contribution in [3.63, 3.8) is 0 Å². The van der Waals surface area contributed by atoms with Crippen LogP contribution in [-0.2, 0) is 4.74 Å². The van der Waals surface area contributed by atoms with Crippen molar-refractivity contribution in [1.29, 1.82) is 0 Å². The minimum Gasteiger partial charge on any atom is -0.464 e. The molecule has 0 N–H and O–H groups in total. The van der Waals surface area contributed by atoms with Gasteiger partial charge in [0, 0.05) is 5.56 Å². The monoisotopic (exact) mass is 333 g/mol. The van der Waals surface area contributed by atoms with E-state index in [0.717, 1.165) is 6.07 Å². The molecule has 0 aliphatic carbocycles. The van der Waals surface area contributed by atoms with Gasteiger partial charge in [0.15, 0.2) is 5.69 Å². The summed E-state index contributed by atoms with van der Waals surface area (Å²) in [6.07, 6.45) is 0. The van der Waals surface area contributed by atoms with Crippen LogP contribution in [0.25, 0.3) is 11.3 Å². The number of carbonyl (C=O) groups is 1. The van der Waals surface area contributed by atoms with Crippen LogP contribution in [0.5, 0.6) is 0 Å². The van der Waals surface area contributed by atoms with Gasteiger partial charge in [-0.1, -0.05) is 34.8 Å². The second kappa shape index (κ2) is 5.95. The lowest BCUT2D eigenvalue weighted by Crippen LogP contribution is -2.06. The lowest BCUT2D eigenvalue weighted by Gasteiger charge is -2.08. The Morgan fingerprint density at radius 3 is 2.50 bits per heavy atom. The zero-order valence-electron chi connectivity index (χ0n) is 10.1. The number of aromatic nitrogens is 1. The number of hydrogen-bond acceptors (Lipinski definition) is 3. The van der Waals surface area contributed by atoms with E-state index in [4.69, 9.17) is 34.8 Å². The summed E-state index contributed by atoms with van der Waals surface area (Å²) in [7, 11) is 1.21. The number of benzene rings is 1. The number of nitrogens with zero attached hydrogens (tertiary/aromatic N) is 1. The fourth-order valence-corrected chi connectivity index (χ4v) is 2.21. The first-order valence-electron chi connectivity index (χ1n) is 5.34. The normalized spacial score (nSPS) is 10.4. The van der Waals surface area contributed by atoms with E-state index < -0.39 is 11.8 Å². The van der Waals surface area contributed by atoms with Gasteiger partial charge in [0.1, 0.15) is 5.82 Å². The predicted octanol–water partition coefficient (Wildman–Crippen LogP) is 4.63. The van der Waals surface area contributed by atoms with Crippen molar-refractivity contribution in [3.05, 3.63) is 50.8 Å². The largest absolute Gasteiger partial charge is 0.464 e. The first kappa shape index (κ1) is 15.0. The summed E-state index contributed by atoms with van der Waals surface area (Å²) in [4.78, 5) is 15.6. The zero-order chi connectivity index (χ0) is 14.9. The summed E-state index contributed by atoms with van der Waals surface area (Å²) >= 11 is 17.5. The van der Waals surface area contributed by atoms with E-state index in [0.29, 0.717) is 5.56 Å². The molecular weight excluding hydrogens is 328 g/mol. The minimum absolute atomic E-state index is 0.0712. The van der Waals surface area contributed by atoms with Gasteiger partial charge >= 0.3 is 5.97 Å². The van der Waals surface area contributed by atoms with Crippen LogP contribution in [0.2, 0.25) is 15.1 Å². The summed E-state index contributed by atoms with van der Waals surface area (Å²) in [5.74, 6) is -1.33. The van der Waals surface area contributed by atoms with E-state index in [9.17, 15) is 9.18 Å². The third kappa shape index (κ3) is 2.87. The van der Waals surface area contributed by atoms with Crippen LogP contribution in [0.3, 0.4) is 0 Å². The Morgan fingerprint density at radius 1 is 1.15 bits per heavy atom. The molecule has 0 atom stereocenters. The fourth-order valence-electron chi connectivity index (χ4n) is 1.55. The molecule has 7 heteroatoms. The summed E-state index contributed by atoms with van der Waals surface area (Å²) in [5, 5.41) is 0.245. The highest BCUT2D eigenvalue weighted by atomic mass is 35.5. The Hall–Kier alpha value is -1.36. The Labute approximate surface area is 129 Å². The number of carbonyl (C=O) groups excluding carboxylic acids is 1. The van der Waals surface area contributed by atoms with Crippen molar-refractivity contribution in [2.45, 2.75) is 0 Å². The maximum Gasteiger partial charge on any atom is 0.358 e. The van der Waals surface area contributed by atoms with Crippen LogP contribution in [0.1, 0.15) is 10.5 Å². The number of methoxy groups -OCH3 is 1. The molecule has 0 saturated carbocycles. The van der Waals surface area contributed by atoms with Crippen molar-refractivity contribution < 1.29 is 13.9 Å². The molecule has 3 nitrogen and oxygen atoms in total. The Balaban J connectivity index is 2.59. The SMILES string of the molecule is COC(=O)c1nc(-c2cc(F)c(Cl)cc2Cl)ccc1Cl. The van der Waals surface area contributed by atoms with Crippen molar-refractivity contribution in [3.8, 4) is 11.3 Å². The van der Waals surface area contributed by atoms with Crippen molar-refractivity contribution >= 4 is 40.8 Å². The predicted molar refractivity (Wildman–Crippen MR) is 76.0 cm³/mol. The van der Waals surface area contributed by atoms with Crippen LogP contribution in [0.4, 0.5) is 4.39 Å². The van der Waals surface area contributed by atoms with Gasteiger partial charge in [-0.25, -0.2) is 14.2 Å². The number of rotatable bonds is 2. The van der Waals surface area contributed by atoms with E-state index in [1.54, 1.807) is 0 Å². The van der Waals surface area contributed by atoms with Gasteiger partial charge in [0.05, 0.1) is 27.9 Å². The first-order chi connectivity index (χ1) is 9.43. The van der Waals surface area contributed by atoms with Gasteiger partial charge in [-0.2, -0.15) is 0 Å². The van der Waals surface area contributed by atoms with Gasteiger partial charge < -0.3 is 4.74 Å². The fraction of sp³-hybridized carbons (Fsp3) is 0.0769. The Bertz CT molecular complexity index is 692. The second-order valence-corrected chi connectivity index (χ2v) is 4.99. The minimum atomic E-state index is -0.692. The van der Waals surface area contributed by atoms with Crippen LogP contribution in [0.15, 0.2) is 24.3 Å². The van der Waals surface area contributed by atoms with Gasteiger partial charge in [-0.05, 0) is 24.3 Å². The van der Waals surface area contributed by atoms with E-state index in [1.165, 1.54) is 25.3 Å². The molecule has 20 heavy (non-hydrogen) atoms. The Kier molecular flexibility index (Phi) is 4.48. The van der Waals surface area contributed by atoms with E-state index in [1.807, 2.05) is 0 Å². The second-order valence-electron chi connectivity index (χ2n) is 3.76. The van der Waals surface area contributed by atoms with E-state index >= 15 is 0 Å². The molecule has 0 aliphatic heterocycles. The molecule has 0 unspecified atom stereocenters. The Morgan fingerprint density at radius 2 is 1.85 bits per heavy atom. The third-order valence-electron chi connectivity index (χ3n) is 2.51. The number of halogens is 4. The highest BCUT2D eigenvalue weighted by Gasteiger charge is 2.16. The summed E-state index contributed by atoms with van der Waals surface area (Å²) < 4.78 is 18.1. The highest BCUT2D eigenvalue weighted by molar-refractivity contribution is 6.36. The van der Waals surface area contributed by atoms with Crippen LogP contribution in [0, 0.1) is 5.82 Å². The van der Waals surface area contributed by atoms with Crippen LogP contribution in [-0.4, -0.2) is 18.1 Å². The topological polar surface area (TPSA) is 39.2 Å². The molecule has 2 rings (SSSR count). The van der Waals surface area contributed by atoms with Crippen molar-refractivity contribution in [2.24, 2.45) is 0 Å².